The predicted octanol–water partition coefficient (Wildman–Crippen LogP) is 4.10. The summed E-state index contributed by atoms with van der Waals surface area (Å²) in [6, 6.07) is 8.40. The minimum Gasteiger partial charge on any atom is -0.494 e. The maximum Gasteiger partial charge on any atom is 0.121 e. The van der Waals surface area contributed by atoms with Gasteiger partial charge in [0.2, 0.25) is 0 Å². The molecular weight excluding hydrogens is 210 g/mol. The van der Waals surface area contributed by atoms with E-state index in [9.17, 15) is 0 Å². The van der Waals surface area contributed by atoms with Crippen LogP contribution in [0.15, 0.2) is 24.3 Å². The highest BCUT2D eigenvalue weighted by Crippen LogP contribution is 2.21. The van der Waals surface area contributed by atoms with E-state index in [0.29, 0.717) is 0 Å². The van der Waals surface area contributed by atoms with E-state index in [4.69, 9.17) is 4.74 Å². The summed E-state index contributed by atoms with van der Waals surface area (Å²) in [6.07, 6.45) is 3.63. The molecule has 0 bridgehead atoms. The van der Waals surface area contributed by atoms with Crippen LogP contribution in [0.3, 0.4) is 0 Å². The van der Waals surface area contributed by atoms with Crippen molar-refractivity contribution in [3.63, 3.8) is 0 Å². The van der Waals surface area contributed by atoms with Gasteiger partial charge in [0.25, 0.3) is 0 Å². The van der Waals surface area contributed by atoms with Gasteiger partial charge in [-0.15, -0.1) is 0 Å². The standard InChI is InChI=1S/C15H25NO/c1-4-7-8-12-17-15-11-9-10-14(13-15)16(5-2)6-3/h9-11,13H,4-8,12H2,1-3H3. The monoisotopic (exact) mass is 235 g/mol. The number of hydrogen-bond acceptors (Lipinski definition) is 2. The molecule has 0 amide bonds. The van der Waals surface area contributed by atoms with Crippen LogP contribution in [0.5, 0.6) is 5.75 Å². The zero-order chi connectivity index (χ0) is 12.5. The molecule has 0 fully saturated rings. The van der Waals surface area contributed by atoms with E-state index in [1.807, 2.05) is 6.07 Å². The van der Waals surface area contributed by atoms with Crippen LogP contribution < -0.4 is 9.64 Å². The molecule has 96 valence electrons. The van der Waals surface area contributed by atoms with E-state index in [2.05, 4.69) is 43.9 Å². The van der Waals surface area contributed by atoms with Gasteiger partial charge in [0.05, 0.1) is 6.61 Å². The summed E-state index contributed by atoms with van der Waals surface area (Å²) in [5.74, 6) is 0.991. The van der Waals surface area contributed by atoms with E-state index in [1.165, 1.54) is 18.5 Å². The van der Waals surface area contributed by atoms with Crippen molar-refractivity contribution in [2.75, 3.05) is 24.6 Å². The fourth-order valence-corrected chi connectivity index (χ4v) is 1.90. The van der Waals surface area contributed by atoms with Gasteiger partial charge in [0.1, 0.15) is 5.75 Å². The highest BCUT2D eigenvalue weighted by atomic mass is 16.5. The van der Waals surface area contributed by atoms with Gasteiger partial charge in [-0.1, -0.05) is 25.8 Å². The molecule has 1 rings (SSSR count). The second-order valence-corrected chi connectivity index (χ2v) is 4.23. The van der Waals surface area contributed by atoms with E-state index in [-0.39, 0.29) is 0 Å². The lowest BCUT2D eigenvalue weighted by molar-refractivity contribution is 0.306. The van der Waals surface area contributed by atoms with Crippen LogP contribution in [-0.4, -0.2) is 19.7 Å². The molecule has 0 aliphatic rings. The van der Waals surface area contributed by atoms with Crippen molar-refractivity contribution in [2.45, 2.75) is 40.0 Å². The van der Waals surface area contributed by atoms with Crippen LogP contribution in [0.4, 0.5) is 5.69 Å². The van der Waals surface area contributed by atoms with Crippen molar-refractivity contribution in [2.24, 2.45) is 0 Å². The van der Waals surface area contributed by atoms with E-state index in [0.717, 1.165) is 31.9 Å². The van der Waals surface area contributed by atoms with Crippen LogP contribution in [-0.2, 0) is 0 Å². The molecule has 0 spiro atoms. The zero-order valence-electron chi connectivity index (χ0n) is 11.4. The van der Waals surface area contributed by atoms with Gasteiger partial charge in [0.15, 0.2) is 0 Å². The Morgan fingerprint density at radius 2 is 1.82 bits per heavy atom. The van der Waals surface area contributed by atoms with Gasteiger partial charge in [-0.25, -0.2) is 0 Å². The molecule has 0 saturated carbocycles. The Morgan fingerprint density at radius 3 is 2.47 bits per heavy atom. The second-order valence-electron chi connectivity index (χ2n) is 4.23. The Balaban J connectivity index is 2.53. The molecule has 1 aromatic rings. The molecule has 17 heavy (non-hydrogen) atoms. The van der Waals surface area contributed by atoms with Crippen LogP contribution in [0.2, 0.25) is 0 Å². The maximum absolute atomic E-state index is 5.76. The number of ether oxygens (including phenoxy) is 1. The van der Waals surface area contributed by atoms with Crippen molar-refractivity contribution in [3.8, 4) is 5.75 Å². The normalized spacial score (nSPS) is 10.3. The maximum atomic E-state index is 5.76. The molecule has 2 heteroatoms. The second kappa shape index (κ2) is 7.99. The van der Waals surface area contributed by atoms with Crippen molar-refractivity contribution in [1.29, 1.82) is 0 Å². The summed E-state index contributed by atoms with van der Waals surface area (Å²) in [5, 5.41) is 0. The summed E-state index contributed by atoms with van der Waals surface area (Å²) in [4.78, 5) is 2.33. The van der Waals surface area contributed by atoms with Gasteiger partial charge < -0.3 is 9.64 Å². The molecule has 0 atom stereocenters. The molecule has 0 aliphatic heterocycles. The first kappa shape index (κ1) is 13.9. The average molecular weight is 235 g/mol. The van der Waals surface area contributed by atoms with Crippen molar-refractivity contribution >= 4 is 5.69 Å². The first-order chi connectivity index (χ1) is 8.31. The van der Waals surface area contributed by atoms with E-state index in [1.54, 1.807) is 0 Å². The Labute approximate surface area is 106 Å². The quantitative estimate of drug-likeness (QED) is 0.629. The molecule has 0 aliphatic carbocycles. The summed E-state index contributed by atoms with van der Waals surface area (Å²) >= 11 is 0. The number of unbranched alkanes of at least 4 members (excludes halogenated alkanes) is 2. The number of rotatable bonds is 8. The first-order valence-electron chi connectivity index (χ1n) is 6.79. The van der Waals surface area contributed by atoms with Gasteiger partial charge in [0, 0.05) is 24.8 Å². The Kier molecular flexibility index (Phi) is 6.53. The van der Waals surface area contributed by atoms with Gasteiger partial charge in [-0.2, -0.15) is 0 Å². The summed E-state index contributed by atoms with van der Waals surface area (Å²) in [6.45, 7) is 9.47. The lowest BCUT2D eigenvalue weighted by Gasteiger charge is -2.21. The Bertz CT molecular complexity index is 308. The van der Waals surface area contributed by atoms with Gasteiger partial charge in [-0.3, -0.25) is 0 Å². The number of anilines is 1. The first-order valence-corrected chi connectivity index (χ1v) is 6.79. The topological polar surface area (TPSA) is 12.5 Å². The SMILES string of the molecule is CCCCCOc1cccc(N(CC)CC)c1. The highest BCUT2D eigenvalue weighted by molar-refractivity contribution is 5.50. The minimum absolute atomic E-state index is 0.829. The minimum atomic E-state index is 0.829. The van der Waals surface area contributed by atoms with E-state index >= 15 is 0 Å². The lowest BCUT2D eigenvalue weighted by atomic mass is 10.2. The molecular formula is C15H25NO. The van der Waals surface area contributed by atoms with Crippen LogP contribution >= 0.6 is 0 Å². The third-order valence-corrected chi connectivity index (χ3v) is 2.96. The number of hydrogen-bond donors (Lipinski definition) is 0. The average Bonchev–Trinajstić information content (AvgIpc) is 2.37. The molecule has 0 aromatic heterocycles. The summed E-state index contributed by atoms with van der Waals surface area (Å²) in [5.41, 5.74) is 1.25. The van der Waals surface area contributed by atoms with Crippen LogP contribution in [0, 0.1) is 0 Å². The fourth-order valence-electron chi connectivity index (χ4n) is 1.90. The van der Waals surface area contributed by atoms with Crippen molar-refractivity contribution in [3.05, 3.63) is 24.3 Å². The highest BCUT2D eigenvalue weighted by Gasteiger charge is 2.02. The predicted molar refractivity (Wildman–Crippen MR) is 75.0 cm³/mol. The molecule has 0 N–H and O–H groups in total. The van der Waals surface area contributed by atoms with Gasteiger partial charge >= 0.3 is 0 Å². The molecule has 2 nitrogen and oxygen atoms in total. The number of nitrogens with zero attached hydrogens (tertiary/aromatic N) is 1. The van der Waals surface area contributed by atoms with Crippen molar-refractivity contribution < 1.29 is 4.74 Å². The van der Waals surface area contributed by atoms with Crippen LogP contribution in [0.25, 0.3) is 0 Å². The van der Waals surface area contributed by atoms with Crippen molar-refractivity contribution in [1.82, 2.24) is 0 Å². The lowest BCUT2D eigenvalue weighted by Crippen LogP contribution is -2.21. The summed E-state index contributed by atoms with van der Waals surface area (Å²) in [7, 11) is 0. The third kappa shape index (κ3) is 4.68. The third-order valence-electron chi connectivity index (χ3n) is 2.96. The van der Waals surface area contributed by atoms with Gasteiger partial charge in [-0.05, 0) is 32.4 Å². The molecule has 1 aromatic carbocycles. The van der Waals surface area contributed by atoms with E-state index < -0.39 is 0 Å². The summed E-state index contributed by atoms with van der Waals surface area (Å²) < 4.78 is 5.76. The Hall–Kier alpha value is -1.18. The van der Waals surface area contributed by atoms with Crippen LogP contribution in [0.1, 0.15) is 40.0 Å². The fraction of sp³-hybridized carbons (Fsp3) is 0.600. The molecule has 0 saturated heterocycles. The molecule has 0 radical (unpaired) electrons. The number of benzene rings is 1. The smallest absolute Gasteiger partial charge is 0.121 e. The zero-order valence-corrected chi connectivity index (χ0v) is 11.4. The Morgan fingerprint density at radius 1 is 1.06 bits per heavy atom. The molecule has 0 unspecified atom stereocenters. The largest absolute Gasteiger partial charge is 0.494 e. The molecule has 0 heterocycles.